The molecule has 0 aliphatic heterocycles. The number of rotatable bonds is 4. The molecule has 22 heavy (non-hydrogen) atoms. The summed E-state index contributed by atoms with van der Waals surface area (Å²) in [5, 5.41) is 17.3. The van der Waals surface area contributed by atoms with Crippen LogP contribution in [0.4, 0.5) is 0 Å². The lowest BCUT2D eigenvalue weighted by atomic mass is 10.2. The first-order chi connectivity index (χ1) is 10.5. The molecule has 4 N–H and O–H groups in total. The Morgan fingerprint density at radius 1 is 1.18 bits per heavy atom. The Balaban J connectivity index is 2.42. The summed E-state index contributed by atoms with van der Waals surface area (Å²) in [7, 11) is 0. The van der Waals surface area contributed by atoms with Gasteiger partial charge < -0.3 is 10.8 Å². The Bertz CT molecular complexity index is 734. The lowest BCUT2D eigenvalue weighted by Gasteiger charge is -2.23. The summed E-state index contributed by atoms with van der Waals surface area (Å²) in [5.41, 5.74) is 6.28. The molecule has 0 atom stereocenters. The van der Waals surface area contributed by atoms with Crippen LogP contribution in [-0.4, -0.2) is 27.6 Å². The minimum atomic E-state index is -1.11. The van der Waals surface area contributed by atoms with Crippen LogP contribution >= 0.6 is 0 Å². The molecule has 0 unspecified atom stereocenters. The Morgan fingerprint density at radius 3 is 2.45 bits per heavy atom. The fourth-order valence-corrected chi connectivity index (χ4v) is 1.88. The van der Waals surface area contributed by atoms with E-state index in [1.807, 2.05) is 0 Å². The largest absolute Gasteiger partial charge is 0.478 e. The van der Waals surface area contributed by atoms with Crippen LogP contribution in [0.25, 0.3) is 6.08 Å². The first-order valence-electron chi connectivity index (χ1n) is 6.33. The van der Waals surface area contributed by atoms with Gasteiger partial charge in [0.25, 0.3) is 5.91 Å². The highest BCUT2D eigenvalue weighted by molar-refractivity contribution is 6.15. The van der Waals surface area contributed by atoms with E-state index in [1.165, 1.54) is 16.9 Å². The zero-order chi connectivity index (χ0) is 16.1. The van der Waals surface area contributed by atoms with Gasteiger partial charge in [-0.1, -0.05) is 18.2 Å². The molecule has 0 aliphatic carbocycles. The number of nitrogens with one attached hydrogen (secondary N) is 1. The molecular weight excluding hydrogens is 284 g/mol. The lowest BCUT2D eigenvalue weighted by molar-refractivity contribution is -0.131. The van der Waals surface area contributed by atoms with Gasteiger partial charge in [-0.3, -0.25) is 14.9 Å². The Labute approximate surface area is 126 Å². The highest BCUT2D eigenvalue weighted by Crippen LogP contribution is 2.10. The molecule has 2 rings (SSSR count). The van der Waals surface area contributed by atoms with Crippen LogP contribution in [0.1, 0.15) is 16.1 Å². The number of aliphatic carboxylic acids is 1. The number of carboxylic acid groups (broad SMARTS) is 1. The number of nitrogens with two attached hydrogens (primary N) is 1. The minimum Gasteiger partial charge on any atom is -0.478 e. The molecule has 112 valence electrons. The van der Waals surface area contributed by atoms with E-state index in [0.717, 1.165) is 11.1 Å². The van der Waals surface area contributed by atoms with Crippen molar-refractivity contribution >= 4 is 23.9 Å². The van der Waals surface area contributed by atoms with Crippen molar-refractivity contribution in [3.05, 3.63) is 66.0 Å². The molecule has 0 saturated heterocycles. The normalized spacial score (nSPS) is 10.5. The molecule has 2 aromatic rings. The molecule has 0 radical (unpaired) electrons. The zero-order valence-corrected chi connectivity index (χ0v) is 11.5. The van der Waals surface area contributed by atoms with E-state index >= 15 is 0 Å². The summed E-state index contributed by atoms with van der Waals surface area (Å²) in [6.45, 7) is 0. The van der Waals surface area contributed by atoms with Gasteiger partial charge in [-0.15, -0.1) is 0 Å². The molecule has 7 heteroatoms. The number of benzene rings is 1. The van der Waals surface area contributed by atoms with Crippen LogP contribution in [0.2, 0.25) is 0 Å². The van der Waals surface area contributed by atoms with E-state index in [-0.39, 0.29) is 0 Å². The van der Waals surface area contributed by atoms with Crippen LogP contribution in [0.5, 0.6) is 0 Å². The Morgan fingerprint density at radius 2 is 1.86 bits per heavy atom. The van der Waals surface area contributed by atoms with E-state index < -0.39 is 17.8 Å². The summed E-state index contributed by atoms with van der Waals surface area (Å²) < 4.78 is 1.32. The van der Waals surface area contributed by atoms with Crippen LogP contribution < -0.4 is 10.7 Å². The lowest BCUT2D eigenvalue weighted by Crippen LogP contribution is -2.49. The highest BCUT2D eigenvalue weighted by atomic mass is 16.4. The van der Waals surface area contributed by atoms with Gasteiger partial charge in [-0.2, -0.15) is 5.01 Å². The maximum atomic E-state index is 12.5. The average Bonchev–Trinajstić information content (AvgIpc) is 2.94. The predicted molar refractivity (Wildman–Crippen MR) is 82.0 cm³/mol. The molecule has 0 bridgehead atoms. The van der Waals surface area contributed by atoms with Crippen molar-refractivity contribution in [1.29, 1.82) is 5.41 Å². The maximum absolute atomic E-state index is 12.5. The number of nitrogens with zero attached hydrogens (tertiary/aromatic N) is 2. The second-order valence-electron chi connectivity index (χ2n) is 4.32. The van der Waals surface area contributed by atoms with E-state index in [9.17, 15) is 9.59 Å². The number of carbonyl (C=O) groups excluding carboxylic acids is 1. The van der Waals surface area contributed by atoms with Crippen LogP contribution in [0.3, 0.4) is 0 Å². The third-order valence-corrected chi connectivity index (χ3v) is 2.81. The smallest absolute Gasteiger partial charge is 0.328 e. The van der Waals surface area contributed by atoms with Crippen molar-refractivity contribution in [2.24, 2.45) is 5.73 Å². The van der Waals surface area contributed by atoms with Gasteiger partial charge in [0.15, 0.2) is 0 Å². The summed E-state index contributed by atoms with van der Waals surface area (Å²) in [6, 6.07) is 11.6. The summed E-state index contributed by atoms with van der Waals surface area (Å²) >= 11 is 0. The molecule has 0 spiro atoms. The molecular formula is C15H14N4O3. The van der Waals surface area contributed by atoms with Gasteiger partial charge in [-0.25, -0.2) is 4.79 Å². The molecule has 1 amide bonds. The van der Waals surface area contributed by atoms with Gasteiger partial charge >= 0.3 is 5.97 Å². The fraction of sp³-hybridized carbons (Fsp3) is 0. The quantitative estimate of drug-likeness (QED) is 0.448. The summed E-state index contributed by atoms with van der Waals surface area (Å²) in [5.74, 6) is -2.08. The van der Waals surface area contributed by atoms with Gasteiger partial charge in [0.2, 0.25) is 5.96 Å². The standard InChI is InChI=1S/C15H14N4O3/c16-15(17)19(14(22)11-5-2-1-3-6-11)18-10-4-7-12(18)8-9-13(20)21/h1-10H,(H3,16,17)(H,20,21)/b9-8+. The molecule has 1 heterocycles. The van der Waals surface area contributed by atoms with Gasteiger partial charge in [0, 0.05) is 17.8 Å². The molecule has 0 aliphatic rings. The van der Waals surface area contributed by atoms with Crippen molar-refractivity contribution in [2.75, 3.05) is 5.01 Å². The molecule has 0 fully saturated rings. The van der Waals surface area contributed by atoms with Crippen molar-refractivity contribution in [1.82, 2.24) is 4.68 Å². The second kappa shape index (κ2) is 6.40. The minimum absolute atomic E-state index is 0.361. The van der Waals surface area contributed by atoms with E-state index in [1.54, 1.807) is 42.5 Å². The van der Waals surface area contributed by atoms with Crippen LogP contribution in [0.15, 0.2) is 54.7 Å². The monoisotopic (exact) mass is 298 g/mol. The number of hydrogen-bond acceptors (Lipinski definition) is 3. The number of guanidine groups is 1. The number of carboxylic acids is 1. The van der Waals surface area contributed by atoms with E-state index in [2.05, 4.69) is 0 Å². The maximum Gasteiger partial charge on any atom is 0.328 e. The van der Waals surface area contributed by atoms with Gasteiger partial charge in [-0.05, 0) is 30.3 Å². The Kier molecular flexibility index (Phi) is 4.38. The summed E-state index contributed by atoms with van der Waals surface area (Å²) in [6.07, 6.45) is 3.78. The molecule has 1 aromatic heterocycles. The van der Waals surface area contributed by atoms with Crippen molar-refractivity contribution < 1.29 is 14.7 Å². The predicted octanol–water partition coefficient (Wildman–Crippen LogP) is 1.26. The van der Waals surface area contributed by atoms with Gasteiger partial charge in [0.05, 0.1) is 5.69 Å². The topological polar surface area (TPSA) is 112 Å². The summed E-state index contributed by atoms with van der Waals surface area (Å²) in [4.78, 5) is 23.1. The van der Waals surface area contributed by atoms with Gasteiger partial charge in [0.1, 0.15) is 0 Å². The molecule has 7 nitrogen and oxygen atoms in total. The fourth-order valence-electron chi connectivity index (χ4n) is 1.88. The zero-order valence-electron chi connectivity index (χ0n) is 11.5. The third-order valence-electron chi connectivity index (χ3n) is 2.81. The van der Waals surface area contributed by atoms with Crippen molar-refractivity contribution in [3.8, 4) is 0 Å². The number of hydrogen-bond donors (Lipinski definition) is 3. The van der Waals surface area contributed by atoms with Crippen LogP contribution in [0, 0.1) is 5.41 Å². The average molecular weight is 298 g/mol. The van der Waals surface area contributed by atoms with Crippen LogP contribution in [-0.2, 0) is 4.79 Å². The van der Waals surface area contributed by atoms with E-state index in [4.69, 9.17) is 16.2 Å². The number of amides is 1. The third kappa shape index (κ3) is 3.21. The first-order valence-corrected chi connectivity index (χ1v) is 6.33. The SMILES string of the molecule is N=C(N)N(C(=O)c1ccccc1)n1cccc1/C=C/C(=O)O. The number of aromatic nitrogens is 1. The second-order valence-corrected chi connectivity index (χ2v) is 4.32. The molecule has 1 aromatic carbocycles. The van der Waals surface area contributed by atoms with E-state index in [0.29, 0.717) is 11.3 Å². The Hall–Kier alpha value is -3.35. The van der Waals surface area contributed by atoms with Crippen molar-refractivity contribution in [2.45, 2.75) is 0 Å². The number of carbonyl (C=O) groups is 2. The van der Waals surface area contributed by atoms with Crippen molar-refractivity contribution in [3.63, 3.8) is 0 Å². The highest BCUT2D eigenvalue weighted by Gasteiger charge is 2.21. The molecule has 0 saturated carbocycles. The first kappa shape index (κ1) is 15.0.